The quantitative estimate of drug-likeness (QED) is 0.429. The summed E-state index contributed by atoms with van der Waals surface area (Å²) in [6.45, 7) is 3.82. The molecule has 2 aromatic carbocycles. The fraction of sp³-hybridized carbons (Fsp3) is 0.130. The van der Waals surface area contributed by atoms with Gasteiger partial charge in [-0.05, 0) is 61.9 Å². The second-order valence-corrected chi connectivity index (χ2v) is 8.02. The van der Waals surface area contributed by atoms with Gasteiger partial charge in [-0.2, -0.15) is 0 Å². The van der Waals surface area contributed by atoms with Crippen LogP contribution in [-0.2, 0) is 11.3 Å². The highest BCUT2D eigenvalue weighted by atomic mass is 79.9. The number of urea groups is 1. The number of amides is 3. The lowest BCUT2D eigenvalue weighted by atomic mass is 10.2. The molecule has 1 aliphatic rings. The van der Waals surface area contributed by atoms with Gasteiger partial charge in [-0.1, -0.05) is 34.1 Å². The van der Waals surface area contributed by atoms with Crippen molar-refractivity contribution in [2.24, 2.45) is 0 Å². The van der Waals surface area contributed by atoms with E-state index in [1.807, 2.05) is 44.2 Å². The Bertz CT molecular complexity index is 1180. The molecule has 1 aromatic heterocycles. The van der Waals surface area contributed by atoms with Gasteiger partial charge in [0.1, 0.15) is 11.5 Å². The van der Waals surface area contributed by atoms with Gasteiger partial charge in [0.15, 0.2) is 0 Å². The van der Waals surface area contributed by atoms with E-state index in [2.05, 4.69) is 25.8 Å². The molecule has 5 nitrogen and oxygen atoms in total. The van der Waals surface area contributed by atoms with Crippen LogP contribution in [-0.4, -0.2) is 21.4 Å². The van der Waals surface area contributed by atoms with E-state index in [4.69, 9.17) is 0 Å². The predicted octanol–water partition coefficient (Wildman–Crippen LogP) is 5.09. The number of benzene rings is 2. The molecule has 1 saturated heterocycles. The number of carbonyl (C=O) groups is 2. The van der Waals surface area contributed by atoms with E-state index in [1.165, 1.54) is 6.07 Å². The summed E-state index contributed by atoms with van der Waals surface area (Å²) in [5.74, 6) is -0.926. The van der Waals surface area contributed by atoms with E-state index < -0.39 is 17.8 Å². The van der Waals surface area contributed by atoms with Crippen LogP contribution in [0.4, 0.5) is 9.18 Å². The molecular formula is C23H19BrFN3O2. The maximum atomic E-state index is 13.9. The van der Waals surface area contributed by atoms with Gasteiger partial charge in [-0.15, -0.1) is 0 Å². The maximum absolute atomic E-state index is 13.9. The van der Waals surface area contributed by atoms with Crippen molar-refractivity contribution < 1.29 is 14.0 Å². The van der Waals surface area contributed by atoms with Crippen LogP contribution in [0.2, 0.25) is 0 Å². The van der Waals surface area contributed by atoms with E-state index in [9.17, 15) is 14.0 Å². The largest absolute Gasteiger partial charge is 0.329 e. The molecule has 0 spiro atoms. The molecule has 0 atom stereocenters. The van der Waals surface area contributed by atoms with Crippen LogP contribution in [0.15, 0.2) is 64.8 Å². The first kappa shape index (κ1) is 20.1. The fourth-order valence-corrected chi connectivity index (χ4v) is 3.85. The van der Waals surface area contributed by atoms with Gasteiger partial charge < -0.3 is 9.88 Å². The van der Waals surface area contributed by atoms with Gasteiger partial charge in [0, 0.05) is 27.1 Å². The molecule has 0 radical (unpaired) electrons. The molecule has 0 bridgehead atoms. The lowest BCUT2D eigenvalue weighted by Gasteiger charge is -2.12. The maximum Gasteiger partial charge on any atom is 0.329 e. The molecule has 0 aliphatic carbocycles. The SMILES string of the molecule is Cc1cc(/C=C2\NC(=O)N(Cc3ccccc3F)C2=O)c(C)n1-c1ccc(Br)cc1. The van der Waals surface area contributed by atoms with E-state index in [0.29, 0.717) is 0 Å². The third kappa shape index (κ3) is 3.68. The van der Waals surface area contributed by atoms with Crippen molar-refractivity contribution in [3.05, 3.63) is 93.1 Å². The van der Waals surface area contributed by atoms with Crippen molar-refractivity contribution in [3.8, 4) is 5.69 Å². The summed E-state index contributed by atoms with van der Waals surface area (Å²) in [4.78, 5) is 26.1. The number of nitrogens with one attached hydrogen (secondary N) is 1. The number of nitrogens with zero attached hydrogens (tertiary/aromatic N) is 2. The lowest BCUT2D eigenvalue weighted by molar-refractivity contribution is -0.123. The third-order valence-corrected chi connectivity index (χ3v) is 5.63. The minimum atomic E-state index is -0.559. The van der Waals surface area contributed by atoms with Crippen LogP contribution < -0.4 is 5.32 Å². The Kier molecular flexibility index (Phi) is 5.30. The summed E-state index contributed by atoms with van der Waals surface area (Å²) < 4.78 is 17.0. The zero-order chi connectivity index (χ0) is 21.4. The van der Waals surface area contributed by atoms with Crippen LogP contribution in [0, 0.1) is 19.7 Å². The second-order valence-electron chi connectivity index (χ2n) is 7.11. The monoisotopic (exact) mass is 467 g/mol. The normalized spacial score (nSPS) is 15.2. The van der Waals surface area contributed by atoms with Gasteiger partial charge in [0.2, 0.25) is 0 Å². The van der Waals surface area contributed by atoms with Crippen LogP contribution in [0.3, 0.4) is 0 Å². The number of rotatable bonds is 4. The smallest absolute Gasteiger partial charge is 0.318 e. The van der Waals surface area contributed by atoms with Gasteiger partial charge in [-0.25, -0.2) is 9.18 Å². The summed E-state index contributed by atoms with van der Waals surface area (Å²) in [6.07, 6.45) is 1.67. The first-order chi connectivity index (χ1) is 14.3. The Morgan fingerprint density at radius 3 is 2.47 bits per heavy atom. The number of halogens is 2. The zero-order valence-electron chi connectivity index (χ0n) is 16.4. The summed E-state index contributed by atoms with van der Waals surface area (Å²) >= 11 is 3.44. The van der Waals surface area contributed by atoms with Gasteiger partial charge in [0.05, 0.1) is 6.54 Å². The van der Waals surface area contributed by atoms with E-state index in [1.54, 1.807) is 24.3 Å². The Morgan fingerprint density at radius 1 is 1.07 bits per heavy atom. The zero-order valence-corrected chi connectivity index (χ0v) is 18.0. The molecule has 2 heterocycles. The van der Waals surface area contributed by atoms with E-state index in [0.717, 1.165) is 32.0 Å². The van der Waals surface area contributed by atoms with Crippen LogP contribution in [0.1, 0.15) is 22.5 Å². The molecule has 1 aliphatic heterocycles. The second kappa shape index (κ2) is 7.91. The van der Waals surface area contributed by atoms with Crippen molar-refractivity contribution in [1.29, 1.82) is 0 Å². The Balaban J connectivity index is 1.63. The molecule has 4 rings (SSSR count). The first-order valence-corrected chi connectivity index (χ1v) is 10.2. The standard InChI is InChI=1S/C23H19BrFN3O2/c1-14-11-17(15(2)28(14)19-9-7-18(24)8-10-19)12-21-22(29)27(23(30)26-21)13-16-5-3-4-6-20(16)25/h3-12H,13H2,1-2H3,(H,26,30)/b21-12-. The summed E-state index contributed by atoms with van der Waals surface area (Å²) in [7, 11) is 0. The first-order valence-electron chi connectivity index (χ1n) is 9.38. The highest BCUT2D eigenvalue weighted by Gasteiger charge is 2.34. The average molecular weight is 468 g/mol. The van der Waals surface area contributed by atoms with Crippen molar-refractivity contribution in [1.82, 2.24) is 14.8 Å². The molecule has 3 aromatic rings. The predicted molar refractivity (Wildman–Crippen MR) is 116 cm³/mol. The van der Waals surface area contributed by atoms with Gasteiger partial charge in [-0.3, -0.25) is 9.69 Å². The van der Waals surface area contributed by atoms with Gasteiger partial charge in [0.25, 0.3) is 5.91 Å². The number of aromatic nitrogens is 1. The van der Waals surface area contributed by atoms with Crippen molar-refractivity contribution in [2.45, 2.75) is 20.4 Å². The number of hydrogen-bond donors (Lipinski definition) is 1. The Morgan fingerprint density at radius 2 is 1.77 bits per heavy atom. The number of hydrogen-bond acceptors (Lipinski definition) is 2. The minimum Gasteiger partial charge on any atom is -0.318 e. The number of aryl methyl sites for hydroxylation is 1. The molecular weight excluding hydrogens is 449 g/mol. The summed E-state index contributed by atoms with van der Waals surface area (Å²) in [5, 5.41) is 2.61. The number of imide groups is 1. The molecule has 3 amide bonds. The summed E-state index contributed by atoms with van der Waals surface area (Å²) in [5.41, 5.74) is 4.23. The molecule has 152 valence electrons. The Labute approximate surface area is 181 Å². The molecule has 0 unspecified atom stereocenters. The van der Waals surface area contributed by atoms with Crippen LogP contribution in [0.25, 0.3) is 11.8 Å². The molecule has 30 heavy (non-hydrogen) atoms. The number of carbonyl (C=O) groups excluding carboxylic acids is 2. The fourth-order valence-electron chi connectivity index (χ4n) is 3.59. The molecule has 1 fully saturated rings. The highest BCUT2D eigenvalue weighted by molar-refractivity contribution is 9.10. The van der Waals surface area contributed by atoms with E-state index >= 15 is 0 Å². The average Bonchev–Trinajstić information content (AvgIpc) is 3.14. The summed E-state index contributed by atoms with van der Waals surface area (Å²) in [6, 6.07) is 15.4. The van der Waals surface area contributed by atoms with E-state index in [-0.39, 0.29) is 17.8 Å². The minimum absolute atomic E-state index is 0.118. The van der Waals surface area contributed by atoms with Crippen molar-refractivity contribution >= 4 is 33.9 Å². The topological polar surface area (TPSA) is 54.3 Å². The molecule has 1 N–H and O–H groups in total. The lowest BCUT2D eigenvalue weighted by Crippen LogP contribution is -2.30. The van der Waals surface area contributed by atoms with Crippen LogP contribution >= 0.6 is 15.9 Å². The van der Waals surface area contributed by atoms with Crippen molar-refractivity contribution in [2.75, 3.05) is 0 Å². The Hall–Kier alpha value is -3.19. The third-order valence-electron chi connectivity index (χ3n) is 5.10. The van der Waals surface area contributed by atoms with Crippen molar-refractivity contribution in [3.63, 3.8) is 0 Å². The molecule has 0 saturated carbocycles. The van der Waals surface area contributed by atoms with Gasteiger partial charge >= 0.3 is 6.03 Å². The van der Waals surface area contributed by atoms with Crippen LogP contribution in [0.5, 0.6) is 0 Å². The highest BCUT2D eigenvalue weighted by Crippen LogP contribution is 2.25. The molecule has 7 heteroatoms.